The maximum Gasteiger partial charge on any atom is 0.253 e. The Balaban J connectivity index is 1.51. The van der Waals surface area contributed by atoms with E-state index in [0.29, 0.717) is 18.7 Å². The molecule has 0 bridgehead atoms. The zero-order chi connectivity index (χ0) is 19.9. The summed E-state index contributed by atoms with van der Waals surface area (Å²) in [5, 5.41) is 2.97. The fourth-order valence-electron chi connectivity index (χ4n) is 3.43. The molecule has 3 rings (SSSR count). The molecule has 0 aliphatic carbocycles. The molecule has 1 fully saturated rings. The van der Waals surface area contributed by atoms with Crippen LogP contribution in [-0.2, 0) is 9.59 Å². The number of Topliss-reactive ketones (excluding diaryl/α,β-unsaturated/α-hetero) is 1. The lowest BCUT2D eigenvalue weighted by molar-refractivity contribution is -0.125. The molecule has 1 aliphatic rings. The summed E-state index contributed by atoms with van der Waals surface area (Å²) in [6.45, 7) is 2.73. The molecule has 2 aromatic carbocycles. The lowest BCUT2D eigenvalue weighted by atomic mass is 10.0. The highest BCUT2D eigenvalue weighted by Gasteiger charge is 2.24. The first-order chi connectivity index (χ1) is 13.5. The molecule has 5 heteroatoms. The van der Waals surface area contributed by atoms with Gasteiger partial charge < -0.3 is 15.0 Å². The molecule has 0 saturated carbocycles. The molecular weight excluding hydrogens is 352 g/mol. The maximum absolute atomic E-state index is 12.8. The second-order valence-electron chi connectivity index (χ2n) is 7.28. The Labute approximate surface area is 165 Å². The number of piperidine rings is 1. The van der Waals surface area contributed by atoms with Crippen LogP contribution < -0.4 is 5.32 Å². The van der Waals surface area contributed by atoms with E-state index < -0.39 is 0 Å². The predicted molar refractivity (Wildman–Crippen MR) is 109 cm³/mol. The molecular formula is C23H26N2O3. The van der Waals surface area contributed by atoms with Gasteiger partial charge in [-0.25, -0.2) is 0 Å². The van der Waals surface area contributed by atoms with Gasteiger partial charge in [-0.1, -0.05) is 42.5 Å². The average molecular weight is 378 g/mol. The number of benzene rings is 2. The lowest BCUT2D eigenvalue weighted by Gasteiger charge is -2.32. The smallest absolute Gasteiger partial charge is 0.253 e. The number of rotatable bonds is 6. The SMILES string of the molecule is CC(=O)CCC(=O)NC1CCN(C(=O)c2ccc(-c3ccccc3)cc2)CC1. The Morgan fingerprint density at radius 1 is 0.893 bits per heavy atom. The molecule has 0 aromatic heterocycles. The van der Waals surface area contributed by atoms with Crippen molar-refractivity contribution in [2.24, 2.45) is 0 Å². The van der Waals surface area contributed by atoms with Gasteiger partial charge in [0.25, 0.3) is 5.91 Å². The van der Waals surface area contributed by atoms with E-state index in [1.807, 2.05) is 59.5 Å². The molecule has 5 nitrogen and oxygen atoms in total. The van der Waals surface area contributed by atoms with Crippen molar-refractivity contribution in [2.45, 2.75) is 38.6 Å². The number of hydrogen-bond acceptors (Lipinski definition) is 3. The van der Waals surface area contributed by atoms with Crippen LogP contribution in [0.15, 0.2) is 54.6 Å². The Bertz CT molecular complexity index is 823. The van der Waals surface area contributed by atoms with Gasteiger partial charge in [0.05, 0.1) is 0 Å². The summed E-state index contributed by atoms with van der Waals surface area (Å²) in [6, 6.07) is 17.9. The second kappa shape index (κ2) is 9.31. The van der Waals surface area contributed by atoms with Gasteiger partial charge in [0.2, 0.25) is 5.91 Å². The molecule has 146 valence electrons. The van der Waals surface area contributed by atoms with E-state index in [1.165, 1.54) is 6.92 Å². The Hall–Kier alpha value is -2.95. The van der Waals surface area contributed by atoms with E-state index in [4.69, 9.17) is 0 Å². The number of carbonyl (C=O) groups excluding carboxylic acids is 3. The lowest BCUT2D eigenvalue weighted by Crippen LogP contribution is -2.46. The van der Waals surface area contributed by atoms with Crippen molar-refractivity contribution < 1.29 is 14.4 Å². The van der Waals surface area contributed by atoms with Crippen LogP contribution in [0.25, 0.3) is 11.1 Å². The van der Waals surface area contributed by atoms with Crippen LogP contribution in [0.2, 0.25) is 0 Å². The number of nitrogens with one attached hydrogen (secondary N) is 1. The summed E-state index contributed by atoms with van der Waals surface area (Å²) in [6.07, 6.45) is 1.99. The summed E-state index contributed by atoms with van der Waals surface area (Å²) in [4.78, 5) is 37.4. The molecule has 1 aliphatic heterocycles. The zero-order valence-electron chi connectivity index (χ0n) is 16.2. The summed E-state index contributed by atoms with van der Waals surface area (Å²) in [5.41, 5.74) is 2.90. The van der Waals surface area contributed by atoms with Crippen molar-refractivity contribution in [1.82, 2.24) is 10.2 Å². The molecule has 2 aromatic rings. The molecule has 2 amide bonds. The van der Waals surface area contributed by atoms with Crippen LogP contribution in [0.4, 0.5) is 0 Å². The average Bonchev–Trinajstić information content (AvgIpc) is 2.73. The van der Waals surface area contributed by atoms with Gasteiger partial charge in [-0.3, -0.25) is 9.59 Å². The predicted octanol–water partition coefficient (Wildman–Crippen LogP) is 3.44. The van der Waals surface area contributed by atoms with Crippen LogP contribution in [-0.4, -0.2) is 41.6 Å². The number of amides is 2. The first-order valence-corrected chi connectivity index (χ1v) is 9.76. The highest BCUT2D eigenvalue weighted by Crippen LogP contribution is 2.21. The van der Waals surface area contributed by atoms with E-state index >= 15 is 0 Å². The molecule has 1 saturated heterocycles. The minimum absolute atomic E-state index is 0.0221. The molecule has 0 unspecified atom stereocenters. The minimum Gasteiger partial charge on any atom is -0.353 e. The summed E-state index contributed by atoms with van der Waals surface area (Å²) >= 11 is 0. The summed E-state index contributed by atoms with van der Waals surface area (Å²) in [5.74, 6) is -0.0358. The van der Waals surface area contributed by atoms with Gasteiger partial charge in [-0.15, -0.1) is 0 Å². The Morgan fingerprint density at radius 3 is 2.11 bits per heavy atom. The summed E-state index contributed by atoms with van der Waals surface area (Å²) in [7, 11) is 0. The third-order valence-corrected chi connectivity index (χ3v) is 5.09. The topological polar surface area (TPSA) is 66.5 Å². The van der Waals surface area contributed by atoms with Crippen molar-refractivity contribution in [3.8, 4) is 11.1 Å². The Morgan fingerprint density at radius 2 is 1.50 bits per heavy atom. The van der Waals surface area contributed by atoms with Crippen LogP contribution in [0.3, 0.4) is 0 Å². The van der Waals surface area contributed by atoms with Gasteiger partial charge in [-0.2, -0.15) is 0 Å². The second-order valence-corrected chi connectivity index (χ2v) is 7.28. The van der Waals surface area contributed by atoms with Crippen molar-refractivity contribution in [3.63, 3.8) is 0 Å². The van der Waals surface area contributed by atoms with Crippen LogP contribution in [0.5, 0.6) is 0 Å². The fourth-order valence-corrected chi connectivity index (χ4v) is 3.43. The quantitative estimate of drug-likeness (QED) is 0.837. The number of nitrogens with zero attached hydrogens (tertiary/aromatic N) is 1. The first kappa shape index (κ1) is 19.8. The fraction of sp³-hybridized carbons (Fsp3) is 0.348. The van der Waals surface area contributed by atoms with E-state index in [9.17, 15) is 14.4 Å². The molecule has 0 radical (unpaired) electrons. The van der Waals surface area contributed by atoms with Crippen molar-refractivity contribution in [2.75, 3.05) is 13.1 Å². The molecule has 1 heterocycles. The van der Waals surface area contributed by atoms with Crippen molar-refractivity contribution in [1.29, 1.82) is 0 Å². The van der Waals surface area contributed by atoms with Gasteiger partial charge in [0, 0.05) is 37.5 Å². The van der Waals surface area contributed by atoms with Gasteiger partial charge in [0.1, 0.15) is 5.78 Å². The molecule has 1 N–H and O–H groups in total. The first-order valence-electron chi connectivity index (χ1n) is 9.76. The zero-order valence-corrected chi connectivity index (χ0v) is 16.2. The monoisotopic (exact) mass is 378 g/mol. The van der Waals surface area contributed by atoms with Crippen molar-refractivity contribution >= 4 is 17.6 Å². The standard InChI is InChI=1S/C23H26N2O3/c1-17(26)7-12-22(27)24-21-13-15-25(16-14-21)23(28)20-10-8-19(9-11-20)18-5-3-2-4-6-18/h2-6,8-11,21H,7,12-16H2,1H3,(H,24,27). The van der Waals surface area contributed by atoms with Gasteiger partial charge in [0.15, 0.2) is 0 Å². The largest absolute Gasteiger partial charge is 0.353 e. The highest BCUT2D eigenvalue weighted by molar-refractivity contribution is 5.94. The molecule has 0 atom stereocenters. The van der Waals surface area contributed by atoms with Crippen LogP contribution in [0.1, 0.15) is 43.0 Å². The number of likely N-dealkylation sites (tertiary alicyclic amines) is 1. The van der Waals surface area contributed by atoms with E-state index in [1.54, 1.807) is 0 Å². The molecule has 28 heavy (non-hydrogen) atoms. The van der Waals surface area contributed by atoms with E-state index in [-0.39, 0.29) is 36.5 Å². The normalized spacial score (nSPS) is 14.5. The Kier molecular flexibility index (Phi) is 6.58. The van der Waals surface area contributed by atoms with E-state index in [0.717, 1.165) is 24.0 Å². The van der Waals surface area contributed by atoms with Gasteiger partial charge in [-0.05, 0) is 43.0 Å². The highest BCUT2D eigenvalue weighted by atomic mass is 16.2. The third-order valence-electron chi connectivity index (χ3n) is 5.09. The number of ketones is 1. The van der Waals surface area contributed by atoms with E-state index in [2.05, 4.69) is 5.32 Å². The number of carbonyl (C=O) groups is 3. The molecule has 0 spiro atoms. The van der Waals surface area contributed by atoms with Crippen LogP contribution in [0, 0.1) is 0 Å². The minimum atomic E-state index is -0.0866. The summed E-state index contributed by atoms with van der Waals surface area (Å²) < 4.78 is 0. The third kappa shape index (κ3) is 5.28. The van der Waals surface area contributed by atoms with Gasteiger partial charge >= 0.3 is 0 Å². The number of hydrogen-bond donors (Lipinski definition) is 1. The maximum atomic E-state index is 12.8. The van der Waals surface area contributed by atoms with Crippen LogP contribution >= 0.6 is 0 Å². The van der Waals surface area contributed by atoms with Crippen molar-refractivity contribution in [3.05, 3.63) is 60.2 Å².